The first-order valence-corrected chi connectivity index (χ1v) is 12.4. The van der Waals surface area contributed by atoms with Crippen molar-refractivity contribution in [1.82, 2.24) is 10.2 Å². The van der Waals surface area contributed by atoms with Crippen LogP contribution in [0.5, 0.6) is 0 Å². The van der Waals surface area contributed by atoms with E-state index in [4.69, 9.17) is 4.99 Å². The van der Waals surface area contributed by atoms with Crippen LogP contribution in [-0.4, -0.2) is 27.9 Å². The summed E-state index contributed by atoms with van der Waals surface area (Å²) in [5.41, 5.74) is 4.92. The van der Waals surface area contributed by atoms with Crippen LogP contribution in [0.4, 0.5) is 5.69 Å². The minimum Gasteiger partial charge on any atom is -0.353 e. The molecule has 4 rings (SSSR count). The van der Waals surface area contributed by atoms with Crippen molar-refractivity contribution in [2.45, 2.75) is 52.6 Å². The lowest BCUT2D eigenvalue weighted by atomic mass is 9.92. The first kappa shape index (κ1) is 23.8. The number of carbonyl (C=O) groups is 2. The van der Waals surface area contributed by atoms with Crippen molar-refractivity contribution in [1.29, 1.82) is 0 Å². The van der Waals surface area contributed by atoms with Gasteiger partial charge < -0.3 is 15.5 Å². The van der Waals surface area contributed by atoms with E-state index in [1.54, 1.807) is 0 Å². The molecular formula is C27H30N4O2S. The Balaban J connectivity index is 1.71. The molecule has 0 bridgehead atoms. The maximum absolute atomic E-state index is 13.6. The van der Waals surface area contributed by atoms with E-state index < -0.39 is 0 Å². The lowest BCUT2D eigenvalue weighted by molar-refractivity contribution is -0.121. The van der Waals surface area contributed by atoms with Gasteiger partial charge in [-0.05, 0) is 50.3 Å². The fourth-order valence-electron chi connectivity index (χ4n) is 4.13. The van der Waals surface area contributed by atoms with Gasteiger partial charge in [0, 0.05) is 17.4 Å². The highest BCUT2D eigenvalue weighted by Crippen LogP contribution is 2.44. The van der Waals surface area contributed by atoms with E-state index in [0.717, 1.165) is 34.1 Å². The van der Waals surface area contributed by atoms with E-state index >= 15 is 0 Å². The van der Waals surface area contributed by atoms with Crippen LogP contribution in [0.3, 0.4) is 0 Å². The lowest BCUT2D eigenvalue weighted by Gasteiger charge is -2.36. The number of allylic oxidation sites excluding steroid dienone is 1. The molecule has 2 aromatic carbocycles. The molecule has 2 aromatic rings. The average Bonchev–Trinajstić information content (AvgIpc) is 3.20. The van der Waals surface area contributed by atoms with E-state index in [1.165, 1.54) is 11.8 Å². The van der Waals surface area contributed by atoms with Gasteiger partial charge in [0.15, 0.2) is 5.17 Å². The zero-order valence-corrected chi connectivity index (χ0v) is 20.8. The van der Waals surface area contributed by atoms with Gasteiger partial charge in [0.25, 0.3) is 5.91 Å². The van der Waals surface area contributed by atoms with E-state index in [1.807, 2.05) is 86.5 Å². The smallest absolute Gasteiger partial charge is 0.255 e. The molecule has 2 heterocycles. The third kappa shape index (κ3) is 5.09. The molecule has 2 atom stereocenters. The van der Waals surface area contributed by atoms with Gasteiger partial charge in [-0.15, -0.1) is 0 Å². The number of rotatable bonds is 7. The summed E-state index contributed by atoms with van der Waals surface area (Å²) >= 11 is 1.49. The minimum atomic E-state index is -0.381. The number of aliphatic imine (C=N–C) groups is 1. The SMILES string of the molecule is CC[C@@H](C)NC(=O)CC1=CSC2=NC(C)=C(C(=O)Nc3ccccc3)[C@@H](c3cccc(C)c3)N12. The Hall–Kier alpha value is -3.32. The Labute approximate surface area is 205 Å². The number of amides is 2. The second kappa shape index (κ2) is 10.3. The molecule has 0 unspecified atom stereocenters. The molecular weight excluding hydrogens is 444 g/mol. The van der Waals surface area contributed by atoms with Crippen LogP contribution in [-0.2, 0) is 9.59 Å². The summed E-state index contributed by atoms with van der Waals surface area (Å²) in [6.07, 6.45) is 1.10. The highest BCUT2D eigenvalue weighted by atomic mass is 32.2. The second-order valence-corrected chi connectivity index (χ2v) is 9.52. The van der Waals surface area contributed by atoms with Gasteiger partial charge in [-0.3, -0.25) is 9.59 Å². The van der Waals surface area contributed by atoms with Crippen molar-refractivity contribution in [3.05, 3.63) is 88.1 Å². The zero-order valence-electron chi connectivity index (χ0n) is 20.0. The summed E-state index contributed by atoms with van der Waals surface area (Å²) in [5.74, 6) is -0.231. The van der Waals surface area contributed by atoms with Crippen LogP contribution in [0.1, 0.15) is 50.8 Å². The number of nitrogens with one attached hydrogen (secondary N) is 2. The van der Waals surface area contributed by atoms with E-state index in [0.29, 0.717) is 11.3 Å². The molecule has 0 aromatic heterocycles. The average molecular weight is 475 g/mol. The van der Waals surface area contributed by atoms with Crippen molar-refractivity contribution in [2.24, 2.45) is 4.99 Å². The lowest BCUT2D eigenvalue weighted by Crippen LogP contribution is -2.39. The third-order valence-corrected chi connectivity index (χ3v) is 6.88. The number of para-hydroxylation sites is 1. The predicted octanol–water partition coefficient (Wildman–Crippen LogP) is 5.51. The topological polar surface area (TPSA) is 73.8 Å². The van der Waals surface area contributed by atoms with E-state index in [9.17, 15) is 9.59 Å². The summed E-state index contributed by atoms with van der Waals surface area (Å²) < 4.78 is 0. The number of hydrogen-bond acceptors (Lipinski definition) is 5. The minimum absolute atomic E-state index is 0.0352. The molecule has 0 saturated heterocycles. The van der Waals surface area contributed by atoms with Crippen LogP contribution in [0, 0.1) is 6.92 Å². The van der Waals surface area contributed by atoms with Crippen LogP contribution in [0.2, 0.25) is 0 Å². The first-order chi connectivity index (χ1) is 16.4. The maximum atomic E-state index is 13.6. The molecule has 0 saturated carbocycles. The molecule has 2 aliphatic heterocycles. The molecule has 0 aliphatic carbocycles. The third-order valence-electron chi connectivity index (χ3n) is 6.00. The van der Waals surface area contributed by atoms with Gasteiger partial charge in [0.05, 0.1) is 23.7 Å². The molecule has 2 amide bonds. The maximum Gasteiger partial charge on any atom is 0.255 e. The summed E-state index contributed by atoms with van der Waals surface area (Å²) in [6, 6.07) is 17.3. The highest BCUT2D eigenvalue weighted by Gasteiger charge is 2.40. The summed E-state index contributed by atoms with van der Waals surface area (Å²) in [5, 5.41) is 8.83. The molecule has 6 nitrogen and oxygen atoms in total. The quantitative estimate of drug-likeness (QED) is 0.555. The molecule has 7 heteroatoms. The number of carbonyl (C=O) groups excluding carboxylic acids is 2. The van der Waals surface area contributed by atoms with Crippen molar-refractivity contribution in [3.63, 3.8) is 0 Å². The van der Waals surface area contributed by atoms with Crippen molar-refractivity contribution in [3.8, 4) is 0 Å². The molecule has 2 aliphatic rings. The Bertz CT molecular complexity index is 1190. The number of aryl methyl sites for hydroxylation is 1. The number of nitrogens with zero attached hydrogens (tertiary/aromatic N) is 2. The Morgan fingerprint density at radius 3 is 2.59 bits per heavy atom. The molecule has 0 spiro atoms. The highest BCUT2D eigenvalue weighted by molar-refractivity contribution is 8.16. The standard InChI is InChI=1S/C27H30N4O2S/c1-5-18(3)28-23(32)15-22-16-34-27-29-19(4)24(26(33)30-21-12-7-6-8-13-21)25(31(22)27)20-11-9-10-17(2)14-20/h6-14,16,18,25H,5,15H2,1-4H3,(H,28,32)(H,30,33)/t18-,25-/m1/s1. The fraction of sp³-hybridized carbons (Fsp3) is 0.296. The summed E-state index contributed by atoms with van der Waals surface area (Å²) in [6.45, 7) is 7.96. The van der Waals surface area contributed by atoms with E-state index in [2.05, 4.69) is 16.7 Å². The number of fused-ring (bicyclic) bond motifs is 1. The van der Waals surface area contributed by atoms with Gasteiger partial charge >= 0.3 is 0 Å². The van der Waals surface area contributed by atoms with Gasteiger partial charge in [-0.2, -0.15) is 0 Å². The summed E-state index contributed by atoms with van der Waals surface area (Å²) in [7, 11) is 0. The van der Waals surface area contributed by atoms with Crippen LogP contribution in [0.25, 0.3) is 0 Å². The molecule has 0 fully saturated rings. The predicted molar refractivity (Wildman–Crippen MR) is 139 cm³/mol. The number of anilines is 1. The number of thioether (sulfide) groups is 1. The van der Waals surface area contributed by atoms with Gasteiger partial charge in [0.2, 0.25) is 5.91 Å². The van der Waals surface area contributed by atoms with Crippen LogP contribution >= 0.6 is 11.8 Å². The summed E-state index contributed by atoms with van der Waals surface area (Å²) in [4.78, 5) is 33.1. The number of hydrogen-bond donors (Lipinski definition) is 2. The monoisotopic (exact) mass is 474 g/mol. The van der Waals surface area contributed by atoms with Crippen LogP contribution in [0.15, 0.2) is 82.0 Å². The van der Waals surface area contributed by atoms with Gasteiger partial charge in [-0.25, -0.2) is 4.99 Å². The van der Waals surface area contributed by atoms with Crippen molar-refractivity contribution in [2.75, 3.05) is 5.32 Å². The Morgan fingerprint density at radius 1 is 1.12 bits per heavy atom. The number of benzene rings is 2. The Morgan fingerprint density at radius 2 is 1.88 bits per heavy atom. The van der Waals surface area contributed by atoms with Crippen molar-refractivity contribution < 1.29 is 9.59 Å². The van der Waals surface area contributed by atoms with Gasteiger partial charge in [-0.1, -0.05) is 66.7 Å². The molecule has 0 radical (unpaired) electrons. The molecule has 34 heavy (non-hydrogen) atoms. The largest absolute Gasteiger partial charge is 0.353 e. The fourth-order valence-corrected chi connectivity index (χ4v) is 5.09. The second-order valence-electron chi connectivity index (χ2n) is 8.68. The van der Waals surface area contributed by atoms with E-state index in [-0.39, 0.29) is 30.3 Å². The van der Waals surface area contributed by atoms with Gasteiger partial charge in [0.1, 0.15) is 0 Å². The number of amidine groups is 1. The van der Waals surface area contributed by atoms with Crippen molar-refractivity contribution >= 4 is 34.4 Å². The zero-order chi connectivity index (χ0) is 24.2. The molecule has 176 valence electrons. The van der Waals surface area contributed by atoms with Crippen LogP contribution < -0.4 is 10.6 Å². The normalized spacial score (nSPS) is 18.1. The molecule has 2 N–H and O–H groups in total. The Kier molecular flexibility index (Phi) is 7.22. The first-order valence-electron chi connectivity index (χ1n) is 11.5.